The van der Waals surface area contributed by atoms with E-state index in [4.69, 9.17) is 10.7 Å². The maximum Gasteiger partial charge on any atom is 0.238 e. The Hall–Kier alpha value is -2.81. The van der Waals surface area contributed by atoms with Gasteiger partial charge in [-0.15, -0.1) is 11.3 Å². The summed E-state index contributed by atoms with van der Waals surface area (Å²) >= 11 is 1.68. The van der Waals surface area contributed by atoms with Crippen molar-refractivity contribution in [3.8, 4) is 10.6 Å². The molecule has 2 saturated heterocycles. The molecule has 0 atom stereocenters. The Balaban J connectivity index is 1.16. The Kier molecular flexibility index (Phi) is 6.86. The maximum absolute atomic E-state index is 12.7. The summed E-state index contributed by atoms with van der Waals surface area (Å²) in [4.78, 5) is 34.3. The molecular weight excluding hydrogens is 458 g/mol. The zero-order chi connectivity index (χ0) is 24.4. The van der Waals surface area contributed by atoms with Crippen LogP contribution in [0.25, 0.3) is 20.8 Å². The van der Waals surface area contributed by atoms with Gasteiger partial charge in [0.2, 0.25) is 11.8 Å². The highest BCUT2D eigenvalue weighted by Gasteiger charge is 2.45. The highest BCUT2D eigenvalue weighted by Crippen LogP contribution is 2.32. The van der Waals surface area contributed by atoms with E-state index in [1.165, 1.54) is 16.7 Å². The molecule has 2 aliphatic rings. The molecule has 0 radical (unpaired) electrons. The number of aryl methyl sites for hydroxylation is 1. The second-order valence-corrected chi connectivity index (χ2v) is 10.9. The van der Waals surface area contributed by atoms with Gasteiger partial charge in [-0.25, -0.2) is 4.98 Å². The number of primary amides is 1. The molecule has 3 heterocycles. The summed E-state index contributed by atoms with van der Waals surface area (Å²) in [6, 6.07) is 14.1. The van der Waals surface area contributed by atoms with Crippen LogP contribution in [-0.2, 0) is 9.59 Å². The lowest BCUT2D eigenvalue weighted by molar-refractivity contribution is -0.135. The zero-order valence-corrected chi connectivity index (χ0v) is 21.1. The van der Waals surface area contributed by atoms with Gasteiger partial charge in [0.1, 0.15) is 10.5 Å². The fourth-order valence-electron chi connectivity index (χ4n) is 5.38. The fourth-order valence-corrected chi connectivity index (χ4v) is 6.45. The van der Waals surface area contributed by atoms with E-state index < -0.39 is 5.54 Å². The maximum atomic E-state index is 12.7. The van der Waals surface area contributed by atoms with Gasteiger partial charge in [0.15, 0.2) is 0 Å². The Morgan fingerprint density at radius 2 is 1.74 bits per heavy atom. The van der Waals surface area contributed by atoms with E-state index in [2.05, 4.69) is 40.2 Å². The first-order valence-electron chi connectivity index (χ1n) is 12.5. The van der Waals surface area contributed by atoms with Crippen LogP contribution in [0, 0.1) is 6.92 Å². The van der Waals surface area contributed by atoms with Crippen molar-refractivity contribution in [2.24, 2.45) is 5.73 Å². The minimum absolute atomic E-state index is 0.0437. The van der Waals surface area contributed by atoms with Crippen LogP contribution < -0.4 is 11.1 Å². The second-order valence-electron chi connectivity index (χ2n) is 9.84. The lowest BCUT2D eigenvalue weighted by Gasteiger charge is -2.48. The summed E-state index contributed by atoms with van der Waals surface area (Å²) in [6.07, 6.45) is 4.84. The van der Waals surface area contributed by atoms with Crippen LogP contribution >= 0.6 is 11.3 Å². The SMILES string of the molecule is Cc1ccc2nc(-c3ccc(NC(=O)CN4CCC(C(N)=O)(N5CCCCC5)CC4)cc3)sc2c1. The molecule has 1 aromatic heterocycles. The van der Waals surface area contributed by atoms with Crippen molar-refractivity contribution in [3.63, 3.8) is 0 Å². The summed E-state index contributed by atoms with van der Waals surface area (Å²) in [6.45, 7) is 5.68. The highest BCUT2D eigenvalue weighted by molar-refractivity contribution is 7.21. The standard InChI is InChI=1S/C27H33N5O2S/c1-19-5-10-22-23(17-19)35-25(30-22)20-6-8-21(9-7-20)29-24(33)18-31-15-11-27(12-16-31,26(28)34)32-13-3-2-4-14-32/h5-10,17H,2-4,11-16,18H2,1H3,(H2,28,34)(H,29,33). The molecule has 0 aliphatic carbocycles. The molecule has 2 fully saturated rings. The van der Waals surface area contributed by atoms with Gasteiger partial charge >= 0.3 is 0 Å². The smallest absolute Gasteiger partial charge is 0.238 e. The normalized spacial score (nSPS) is 19.0. The molecule has 0 saturated carbocycles. The largest absolute Gasteiger partial charge is 0.368 e. The predicted octanol–water partition coefficient (Wildman–Crippen LogP) is 4.02. The van der Waals surface area contributed by atoms with E-state index in [0.29, 0.717) is 32.5 Å². The molecule has 2 aliphatic heterocycles. The third-order valence-corrected chi connectivity index (χ3v) is 8.50. The Morgan fingerprint density at radius 3 is 2.43 bits per heavy atom. The lowest BCUT2D eigenvalue weighted by atomic mass is 9.83. The van der Waals surface area contributed by atoms with Crippen molar-refractivity contribution in [1.82, 2.24) is 14.8 Å². The van der Waals surface area contributed by atoms with Crippen molar-refractivity contribution >= 4 is 39.1 Å². The van der Waals surface area contributed by atoms with Gasteiger partial charge in [-0.1, -0.05) is 12.5 Å². The van der Waals surface area contributed by atoms with Gasteiger partial charge in [-0.05, 0) is 87.7 Å². The van der Waals surface area contributed by atoms with E-state index in [9.17, 15) is 9.59 Å². The van der Waals surface area contributed by atoms with Gasteiger partial charge in [0.25, 0.3) is 0 Å². The number of amides is 2. The number of fused-ring (bicyclic) bond motifs is 1. The number of aromatic nitrogens is 1. The first kappa shape index (κ1) is 23.9. The van der Waals surface area contributed by atoms with E-state index in [0.717, 1.165) is 47.7 Å². The van der Waals surface area contributed by atoms with Crippen LogP contribution in [0.1, 0.15) is 37.7 Å². The molecular formula is C27H33N5O2S. The second kappa shape index (κ2) is 10.0. The van der Waals surface area contributed by atoms with Crippen molar-refractivity contribution < 1.29 is 9.59 Å². The van der Waals surface area contributed by atoms with Crippen molar-refractivity contribution in [2.45, 2.75) is 44.6 Å². The number of hydrogen-bond acceptors (Lipinski definition) is 6. The minimum Gasteiger partial charge on any atom is -0.368 e. The van der Waals surface area contributed by atoms with Crippen LogP contribution in [0.3, 0.4) is 0 Å². The molecule has 8 heteroatoms. The van der Waals surface area contributed by atoms with Gasteiger partial charge in [-0.2, -0.15) is 0 Å². The average Bonchev–Trinajstić information content (AvgIpc) is 3.28. The van der Waals surface area contributed by atoms with Crippen molar-refractivity contribution in [2.75, 3.05) is 38.0 Å². The van der Waals surface area contributed by atoms with Crippen LogP contribution in [0.5, 0.6) is 0 Å². The van der Waals surface area contributed by atoms with Gasteiger partial charge in [0.05, 0.1) is 16.8 Å². The number of thiazole rings is 1. The Labute approximate surface area is 210 Å². The number of nitrogens with two attached hydrogens (primary N) is 1. The number of nitrogens with one attached hydrogen (secondary N) is 1. The summed E-state index contributed by atoms with van der Waals surface area (Å²) in [7, 11) is 0. The summed E-state index contributed by atoms with van der Waals surface area (Å²) in [5, 5.41) is 3.98. The first-order chi connectivity index (χ1) is 16.9. The molecule has 7 nitrogen and oxygen atoms in total. The molecule has 3 aromatic rings. The van der Waals surface area contributed by atoms with Gasteiger partial charge < -0.3 is 11.1 Å². The zero-order valence-electron chi connectivity index (χ0n) is 20.3. The molecule has 0 bridgehead atoms. The molecule has 184 valence electrons. The lowest BCUT2D eigenvalue weighted by Crippen LogP contribution is -2.63. The number of likely N-dealkylation sites (tertiary alicyclic amines) is 2. The van der Waals surface area contributed by atoms with Gasteiger partial charge in [0, 0.05) is 24.3 Å². The molecule has 3 N–H and O–H groups in total. The summed E-state index contributed by atoms with van der Waals surface area (Å²) < 4.78 is 1.18. The molecule has 0 spiro atoms. The first-order valence-corrected chi connectivity index (χ1v) is 13.3. The van der Waals surface area contributed by atoms with Crippen molar-refractivity contribution in [3.05, 3.63) is 48.0 Å². The van der Waals surface area contributed by atoms with E-state index in [-0.39, 0.29) is 11.8 Å². The van der Waals surface area contributed by atoms with Crippen LogP contribution in [0.2, 0.25) is 0 Å². The third kappa shape index (κ3) is 5.10. The van der Waals surface area contributed by atoms with E-state index in [1.54, 1.807) is 11.3 Å². The van der Waals surface area contributed by atoms with Gasteiger partial charge in [-0.3, -0.25) is 19.4 Å². The molecule has 35 heavy (non-hydrogen) atoms. The average molecular weight is 492 g/mol. The molecule has 0 unspecified atom stereocenters. The molecule has 2 amide bonds. The number of anilines is 1. The third-order valence-electron chi connectivity index (χ3n) is 7.43. The molecule has 5 rings (SSSR count). The van der Waals surface area contributed by atoms with Crippen LogP contribution in [0.4, 0.5) is 5.69 Å². The topological polar surface area (TPSA) is 91.6 Å². The van der Waals surface area contributed by atoms with Crippen LogP contribution in [-0.4, -0.2) is 64.9 Å². The number of carbonyl (C=O) groups excluding carboxylic acids is 2. The number of hydrogen-bond donors (Lipinski definition) is 2. The van der Waals surface area contributed by atoms with Crippen LogP contribution in [0.15, 0.2) is 42.5 Å². The number of rotatable bonds is 6. The number of piperidine rings is 2. The summed E-state index contributed by atoms with van der Waals surface area (Å²) in [5.74, 6) is -0.260. The predicted molar refractivity (Wildman–Crippen MR) is 141 cm³/mol. The van der Waals surface area contributed by atoms with E-state index in [1.807, 2.05) is 24.3 Å². The quantitative estimate of drug-likeness (QED) is 0.544. The summed E-state index contributed by atoms with van der Waals surface area (Å²) in [5.41, 5.74) is 9.38. The highest BCUT2D eigenvalue weighted by atomic mass is 32.1. The minimum atomic E-state index is -0.553. The van der Waals surface area contributed by atoms with Crippen molar-refractivity contribution in [1.29, 1.82) is 0 Å². The molecule has 2 aromatic carbocycles. The fraction of sp³-hybridized carbons (Fsp3) is 0.444. The number of benzene rings is 2. The van der Waals surface area contributed by atoms with E-state index >= 15 is 0 Å². The Bertz CT molecular complexity index is 1210. The monoisotopic (exact) mass is 491 g/mol. The Morgan fingerprint density at radius 1 is 1.03 bits per heavy atom. The number of nitrogens with zero attached hydrogens (tertiary/aromatic N) is 3. The number of carbonyl (C=O) groups is 2.